The second kappa shape index (κ2) is 7.31. The number of hydrogen-bond donors (Lipinski definition) is 2. The quantitative estimate of drug-likeness (QED) is 0.815. The normalized spacial score (nSPS) is 20.6. The zero-order valence-electron chi connectivity index (χ0n) is 12.7. The van der Waals surface area contributed by atoms with Crippen LogP contribution in [0.1, 0.15) is 30.4 Å². The molecule has 2 rings (SSSR count). The molecule has 0 spiro atoms. The molecule has 118 valence electrons. The Hall–Kier alpha value is -1.02. The van der Waals surface area contributed by atoms with Crippen LogP contribution in [0, 0.1) is 6.92 Å². The van der Waals surface area contributed by atoms with E-state index in [-0.39, 0.29) is 12.6 Å². The van der Waals surface area contributed by atoms with Crippen molar-refractivity contribution in [3.63, 3.8) is 0 Å². The van der Waals surface area contributed by atoms with Gasteiger partial charge in [0, 0.05) is 38.1 Å². The molecule has 1 saturated heterocycles. The van der Waals surface area contributed by atoms with Crippen LogP contribution < -0.4 is 10.0 Å². The number of nitrogens with one attached hydrogen (secondary N) is 2. The highest BCUT2D eigenvalue weighted by Crippen LogP contribution is 2.19. The Morgan fingerprint density at radius 2 is 2.24 bits per heavy atom. The molecule has 6 nitrogen and oxygen atoms in total. The molecule has 1 fully saturated rings. The van der Waals surface area contributed by atoms with Gasteiger partial charge in [-0.3, -0.25) is 4.98 Å². The Balaban J connectivity index is 2.05. The van der Waals surface area contributed by atoms with E-state index < -0.39 is 10.2 Å². The SMILES string of the molecule is CNCC1CCCCN1S(=O)(=O)NCc1cnccc1C. The molecule has 0 radical (unpaired) electrons. The van der Waals surface area contributed by atoms with E-state index in [2.05, 4.69) is 15.0 Å². The Morgan fingerprint density at radius 1 is 1.43 bits per heavy atom. The topological polar surface area (TPSA) is 74.3 Å². The van der Waals surface area contributed by atoms with Crippen LogP contribution in [0.15, 0.2) is 18.5 Å². The first kappa shape index (κ1) is 16.4. The predicted molar refractivity (Wildman–Crippen MR) is 83.0 cm³/mol. The summed E-state index contributed by atoms with van der Waals surface area (Å²) in [6.07, 6.45) is 6.33. The number of aryl methyl sites for hydroxylation is 1. The van der Waals surface area contributed by atoms with Crippen LogP contribution in [0.2, 0.25) is 0 Å². The summed E-state index contributed by atoms with van der Waals surface area (Å²) in [5.74, 6) is 0. The lowest BCUT2D eigenvalue weighted by Gasteiger charge is -2.34. The minimum atomic E-state index is -3.45. The van der Waals surface area contributed by atoms with Crippen LogP contribution in [0.3, 0.4) is 0 Å². The fourth-order valence-electron chi connectivity index (χ4n) is 2.66. The van der Waals surface area contributed by atoms with Gasteiger partial charge in [0.05, 0.1) is 0 Å². The molecule has 0 aliphatic carbocycles. The zero-order valence-corrected chi connectivity index (χ0v) is 13.5. The minimum Gasteiger partial charge on any atom is -0.318 e. The molecule has 1 unspecified atom stereocenters. The number of piperidine rings is 1. The Labute approximate surface area is 127 Å². The van der Waals surface area contributed by atoms with Crippen LogP contribution >= 0.6 is 0 Å². The van der Waals surface area contributed by atoms with Gasteiger partial charge in [-0.05, 0) is 44.0 Å². The number of likely N-dealkylation sites (N-methyl/N-ethyl adjacent to an activating group) is 1. The van der Waals surface area contributed by atoms with Crippen LogP contribution in [0.4, 0.5) is 0 Å². The Kier molecular flexibility index (Phi) is 5.69. The third-order valence-corrected chi connectivity index (χ3v) is 5.52. The van der Waals surface area contributed by atoms with Gasteiger partial charge in [-0.2, -0.15) is 17.4 Å². The summed E-state index contributed by atoms with van der Waals surface area (Å²) in [6.45, 7) is 3.52. The average Bonchev–Trinajstić information content (AvgIpc) is 2.47. The van der Waals surface area contributed by atoms with Crippen molar-refractivity contribution in [2.45, 2.75) is 38.8 Å². The van der Waals surface area contributed by atoms with Crippen LogP contribution in [0.25, 0.3) is 0 Å². The molecular formula is C14H24N4O2S. The van der Waals surface area contributed by atoms with E-state index in [1.165, 1.54) is 0 Å². The lowest BCUT2D eigenvalue weighted by molar-refractivity contribution is 0.246. The van der Waals surface area contributed by atoms with Crippen molar-refractivity contribution in [2.75, 3.05) is 20.1 Å². The first-order chi connectivity index (χ1) is 10.0. The lowest BCUT2D eigenvalue weighted by atomic mass is 10.1. The molecule has 0 saturated carbocycles. The fraction of sp³-hybridized carbons (Fsp3) is 0.643. The summed E-state index contributed by atoms with van der Waals surface area (Å²) in [7, 11) is -1.60. The molecule has 1 aliphatic rings. The van der Waals surface area contributed by atoms with Gasteiger partial charge < -0.3 is 5.32 Å². The van der Waals surface area contributed by atoms with E-state index >= 15 is 0 Å². The van der Waals surface area contributed by atoms with Crippen molar-refractivity contribution >= 4 is 10.2 Å². The second-order valence-corrected chi connectivity index (χ2v) is 7.15. The molecule has 2 N–H and O–H groups in total. The van der Waals surface area contributed by atoms with Crippen LogP contribution in [0.5, 0.6) is 0 Å². The van der Waals surface area contributed by atoms with Gasteiger partial charge >= 0.3 is 0 Å². The van der Waals surface area contributed by atoms with E-state index in [9.17, 15) is 8.42 Å². The summed E-state index contributed by atoms with van der Waals surface area (Å²) < 4.78 is 29.3. The maximum Gasteiger partial charge on any atom is 0.280 e. The van der Waals surface area contributed by atoms with E-state index in [4.69, 9.17) is 0 Å². The molecule has 0 bridgehead atoms. The zero-order chi connectivity index (χ0) is 15.3. The highest BCUT2D eigenvalue weighted by atomic mass is 32.2. The first-order valence-corrected chi connectivity index (χ1v) is 8.79. The molecule has 1 aliphatic heterocycles. The van der Waals surface area contributed by atoms with Crippen molar-refractivity contribution in [3.05, 3.63) is 29.6 Å². The van der Waals surface area contributed by atoms with Crippen LogP contribution in [-0.4, -0.2) is 43.9 Å². The van der Waals surface area contributed by atoms with Gasteiger partial charge in [-0.15, -0.1) is 0 Å². The van der Waals surface area contributed by atoms with Crippen molar-refractivity contribution in [1.82, 2.24) is 19.3 Å². The summed E-state index contributed by atoms with van der Waals surface area (Å²) in [4.78, 5) is 4.04. The molecule has 1 atom stereocenters. The smallest absolute Gasteiger partial charge is 0.280 e. The van der Waals surface area contributed by atoms with Crippen molar-refractivity contribution in [3.8, 4) is 0 Å². The first-order valence-electron chi connectivity index (χ1n) is 7.35. The highest BCUT2D eigenvalue weighted by Gasteiger charge is 2.31. The standard InChI is InChI=1S/C14H24N4O2S/c1-12-6-7-16-9-13(12)10-17-21(19,20)18-8-4-3-5-14(18)11-15-2/h6-7,9,14-15,17H,3-5,8,10-11H2,1-2H3. The average molecular weight is 312 g/mol. The van der Waals surface area contributed by atoms with Gasteiger partial charge in [0.1, 0.15) is 0 Å². The second-order valence-electron chi connectivity index (χ2n) is 5.45. The fourth-order valence-corrected chi connectivity index (χ4v) is 4.11. The van der Waals surface area contributed by atoms with Gasteiger partial charge in [-0.25, -0.2) is 0 Å². The van der Waals surface area contributed by atoms with E-state index in [1.807, 2.05) is 20.0 Å². The van der Waals surface area contributed by atoms with E-state index in [0.717, 1.165) is 30.4 Å². The maximum atomic E-state index is 12.5. The molecule has 1 aromatic heterocycles. The number of nitrogens with zero attached hydrogens (tertiary/aromatic N) is 2. The van der Waals surface area contributed by atoms with Gasteiger partial charge in [-0.1, -0.05) is 6.42 Å². The number of aromatic nitrogens is 1. The summed E-state index contributed by atoms with van der Waals surface area (Å²) >= 11 is 0. The third-order valence-electron chi connectivity index (χ3n) is 3.91. The monoisotopic (exact) mass is 312 g/mol. The van der Waals surface area contributed by atoms with Crippen molar-refractivity contribution < 1.29 is 8.42 Å². The molecule has 2 heterocycles. The number of rotatable bonds is 6. The van der Waals surface area contributed by atoms with Crippen LogP contribution in [-0.2, 0) is 16.8 Å². The molecule has 21 heavy (non-hydrogen) atoms. The predicted octanol–water partition coefficient (Wildman–Crippen LogP) is 0.798. The molecule has 1 aromatic rings. The van der Waals surface area contributed by atoms with Gasteiger partial charge in [0.15, 0.2) is 0 Å². The molecule has 0 amide bonds. The van der Waals surface area contributed by atoms with E-state index in [0.29, 0.717) is 13.1 Å². The molecule has 7 heteroatoms. The lowest BCUT2D eigenvalue weighted by Crippen LogP contribution is -2.51. The number of hydrogen-bond acceptors (Lipinski definition) is 4. The Morgan fingerprint density at radius 3 is 2.95 bits per heavy atom. The van der Waals surface area contributed by atoms with E-state index in [1.54, 1.807) is 16.7 Å². The molecule has 0 aromatic carbocycles. The minimum absolute atomic E-state index is 0.0382. The Bertz CT molecular complexity index is 560. The van der Waals surface area contributed by atoms with Gasteiger partial charge in [0.2, 0.25) is 0 Å². The molecular weight excluding hydrogens is 288 g/mol. The summed E-state index contributed by atoms with van der Waals surface area (Å²) in [5, 5.41) is 3.08. The van der Waals surface area contributed by atoms with Crippen molar-refractivity contribution in [2.24, 2.45) is 0 Å². The summed E-state index contributed by atoms with van der Waals surface area (Å²) in [6, 6.07) is 1.92. The van der Waals surface area contributed by atoms with Crippen molar-refractivity contribution in [1.29, 1.82) is 0 Å². The number of pyridine rings is 1. The largest absolute Gasteiger partial charge is 0.318 e. The maximum absolute atomic E-state index is 12.5. The highest BCUT2D eigenvalue weighted by molar-refractivity contribution is 7.87. The third kappa shape index (κ3) is 4.23. The van der Waals surface area contributed by atoms with Gasteiger partial charge in [0.25, 0.3) is 10.2 Å². The summed E-state index contributed by atoms with van der Waals surface area (Å²) in [5.41, 5.74) is 1.95.